The molecule has 2 fully saturated rings. The molecule has 1 unspecified atom stereocenters. The highest BCUT2D eigenvalue weighted by Gasteiger charge is 2.28. The fraction of sp³-hybridized carbons (Fsp3) is 0.647. The van der Waals surface area contributed by atoms with Gasteiger partial charge in [-0.2, -0.15) is 0 Å². The fourth-order valence-electron chi connectivity index (χ4n) is 3.65. The molecule has 21 heavy (non-hydrogen) atoms. The van der Waals surface area contributed by atoms with Crippen LogP contribution in [0.4, 0.5) is 4.39 Å². The Labute approximate surface area is 126 Å². The first kappa shape index (κ1) is 14.9. The van der Waals surface area contributed by atoms with Crippen molar-refractivity contribution in [2.45, 2.75) is 44.8 Å². The smallest absolute Gasteiger partial charge is 0.127 e. The van der Waals surface area contributed by atoms with Gasteiger partial charge >= 0.3 is 0 Å². The number of nitrogens with two attached hydrogens (primary N) is 1. The molecule has 0 aromatic heterocycles. The summed E-state index contributed by atoms with van der Waals surface area (Å²) in [6, 6.07) is 5.92. The third-order valence-electron chi connectivity index (χ3n) is 4.89. The topological polar surface area (TPSA) is 32.5 Å². The fourth-order valence-corrected chi connectivity index (χ4v) is 3.65. The molecule has 1 atom stereocenters. The Morgan fingerprint density at radius 3 is 2.71 bits per heavy atom. The van der Waals surface area contributed by atoms with E-state index in [1.54, 1.807) is 12.1 Å². The van der Waals surface area contributed by atoms with Crippen LogP contribution in [0.5, 0.6) is 0 Å². The van der Waals surface area contributed by atoms with E-state index in [0.29, 0.717) is 19.1 Å². The summed E-state index contributed by atoms with van der Waals surface area (Å²) < 4.78 is 13.9. The van der Waals surface area contributed by atoms with Crippen LogP contribution in [-0.2, 0) is 13.1 Å². The maximum Gasteiger partial charge on any atom is 0.127 e. The van der Waals surface area contributed by atoms with Crippen LogP contribution in [0.3, 0.4) is 0 Å². The standard InChI is InChI=1S/C17H26FN3/c18-17-5-4-14(11-19)10-15(17)12-20-9-6-16(13-20)21-7-2-1-3-8-21/h4-5,10,16H,1-3,6-9,11-13,19H2. The molecule has 1 aromatic carbocycles. The van der Waals surface area contributed by atoms with E-state index in [9.17, 15) is 4.39 Å². The van der Waals surface area contributed by atoms with Crippen molar-refractivity contribution < 1.29 is 4.39 Å². The molecule has 2 heterocycles. The molecule has 0 spiro atoms. The zero-order valence-electron chi connectivity index (χ0n) is 12.7. The van der Waals surface area contributed by atoms with Crippen LogP contribution >= 0.6 is 0 Å². The first-order valence-corrected chi connectivity index (χ1v) is 8.20. The van der Waals surface area contributed by atoms with E-state index in [4.69, 9.17) is 5.73 Å². The van der Waals surface area contributed by atoms with E-state index < -0.39 is 0 Å². The first-order valence-electron chi connectivity index (χ1n) is 8.20. The number of hydrogen-bond acceptors (Lipinski definition) is 3. The van der Waals surface area contributed by atoms with Gasteiger partial charge in [-0.05, 0) is 44.0 Å². The van der Waals surface area contributed by atoms with E-state index in [1.165, 1.54) is 38.8 Å². The molecule has 3 rings (SSSR count). The second-order valence-electron chi connectivity index (χ2n) is 6.40. The minimum Gasteiger partial charge on any atom is -0.326 e. The van der Waals surface area contributed by atoms with Gasteiger partial charge in [0.15, 0.2) is 0 Å². The van der Waals surface area contributed by atoms with E-state index in [-0.39, 0.29) is 5.82 Å². The molecule has 2 aliphatic heterocycles. The van der Waals surface area contributed by atoms with Gasteiger partial charge in [-0.3, -0.25) is 9.80 Å². The average molecular weight is 291 g/mol. The van der Waals surface area contributed by atoms with Crippen LogP contribution in [0.1, 0.15) is 36.8 Å². The van der Waals surface area contributed by atoms with Crippen molar-refractivity contribution in [2.75, 3.05) is 26.2 Å². The summed E-state index contributed by atoms with van der Waals surface area (Å²) in [5.41, 5.74) is 7.46. The minimum absolute atomic E-state index is 0.103. The van der Waals surface area contributed by atoms with Crippen molar-refractivity contribution in [3.05, 3.63) is 35.1 Å². The summed E-state index contributed by atoms with van der Waals surface area (Å²) in [4.78, 5) is 5.02. The third kappa shape index (κ3) is 3.62. The van der Waals surface area contributed by atoms with Gasteiger partial charge in [0.05, 0.1) is 0 Å². The SMILES string of the molecule is NCc1ccc(F)c(CN2CCC(N3CCCCC3)C2)c1. The monoisotopic (exact) mass is 291 g/mol. The molecule has 4 heteroatoms. The quantitative estimate of drug-likeness (QED) is 0.924. The normalized spacial score (nSPS) is 24.6. The Morgan fingerprint density at radius 1 is 1.14 bits per heavy atom. The van der Waals surface area contributed by atoms with Gasteiger partial charge in [-0.25, -0.2) is 4.39 Å². The molecule has 2 aliphatic rings. The average Bonchev–Trinajstić information content (AvgIpc) is 2.99. The molecule has 2 saturated heterocycles. The number of likely N-dealkylation sites (tertiary alicyclic amines) is 2. The molecular weight excluding hydrogens is 265 g/mol. The number of hydrogen-bond donors (Lipinski definition) is 1. The molecule has 0 saturated carbocycles. The van der Waals surface area contributed by atoms with Gasteiger partial charge in [0.1, 0.15) is 5.82 Å². The van der Waals surface area contributed by atoms with Crippen LogP contribution in [-0.4, -0.2) is 42.0 Å². The Bertz CT molecular complexity index is 471. The number of rotatable bonds is 4. The molecular formula is C17H26FN3. The van der Waals surface area contributed by atoms with Crippen LogP contribution in [0.2, 0.25) is 0 Å². The first-order chi connectivity index (χ1) is 10.3. The lowest BCUT2D eigenvalue weighted by atomic mass is 10.1. The lowest BCUT2D eigenvalue weighted by molar-refractivity contribution is 0.161. The van der Waals surface area contributed by atoms with Crippen molar-refractivity contribution in [1.29, 1.82) is 0 Å². The van der Waals surface area contributed by atoms with Crippen LogP contribution in [0.25, 0.3) is 0 Å². The number of piperidine rings is 1. The Hall–Kier alpha value is -0.970. The lowest BCUT2D eigenvalue weighted by Crippen LogP contribution is -2.40. The van der Waals surface area contributed by atoms with Crippen LogP contribution in [0, 0.1) is 5.82 Å². The van der Waals surface area contributed by atoms with Gasteiger partial charge in [-0.15, -0.1) is 0 Å². The third-order valence-corrected chi connectivity index (χ3v) is 4.89. The van der Waals surface area contributed by atoms with Gasteiger partial charge in [0.2, 0.25) is 0 Å². The Kier molecular flexibility index (Phi) is 4.88. The van der Waals surface area contributed by atoms with Gasteiger partial charge in [0, 0.05) is 37.8 Å². The summed E-state index contributed by atoms with van der Waals surface area (Å²) in [5, 5.41) is 0. The molecule has 0 amide bonds. The number of benzene rings is 1. The Morgan fingerprint density at radius 2 is 1.95 bits per heavy atom. The van der Waals surface area contributed by atoms with Crippen molar-refractivity contribution in [2.24, 2.45) is 5.73 Å². The molecule has 0 aliphatic carbocycles. The van der Waals surface area contributed by atoms with Gasteiger partial charge in [0.25, 0.3) is 0 Å². The van der Waals surface area contributed by atoms with E-state index >= 15 is 0 Å². The van der Waals surface area contributed by atoms with E-state index in [2.05, 4.69) is 9.80 Å². The van der Waals surface area contributed by atoms with Crippen molar-refractivity contribution >= 4 is 0 Å². The van der Waals surface area contributed by atoms with Gasteiger partial charge in [-0.1, -0.05) is 18.6 Å². The maximum atomic E-state index is 13.9. The largest absolute Gasteiger partial charge is 0.326 e. The predicted octanol–water partition coefficient (Wildman–Crippen LogP) is 2.34. The summed E-state index contributed by atoms with van der Waals surface area (Å²) in [6.45, 7) is 5.83. The highest BCUT2D eigenvalue weighted by Crippen LogP contribution is 2.22. The van der Waals surface area contributed by atoms with Crippen LogP contribution < -0.4 is 5.73 Å². The highest BCUT2D eigenvalue weighted by atomic mass is 19.1. The summed E-state index contributed by atoms with van der Waals surface area (Å²) in [7, 11) is 0. The molecule has 0 bridgehead atoms. The highest BCUT2D eigenvalue weighted by molar-refractivity contribution is 5.25. The molecule has 116 valence electrons. The summed E-state index contributed by atoms with van der Waals surface area (Å²) >= 11 is 0. The number of halogens is 1. The van der Waals surface area contributed by atoms with Crippen molar-refractivity contribution in [3.8, 4) is 0 Å². The minimum atomic E-state index is -0.103. The molecule has 3 nitrogen and oxygen atoms in total. The zero-order chi connectivity index (χ0) is 14.7. The zero-order valence-corrected chi connectivity index (χ0v) is 12.7. The molecule has 1 aromatic rings. The maximum absolute atomic E-state index is 13.9. The van der Waals surface area contributed by atoms with Gasteiger partial charge < -0.3 is 5.73 Å². The predicted molar refractivity (Wildman–Crippen MR) is 83.4 cm³/mol. The molecule has 0 radical (unpaired) electrons. The lowest BCUT2D eigenvalue weighted by Gasteiger charge is -2.32. The molecule has 2 N–H and O–H groups in total. The Balaban J connectivity index is 1.59. The number of nitrogens with zero attached hydrogens (tertiary/aromatic N) is 2. The van der Waals surface area contributed by atoms with Crippen molar-refractivity contribution in [1.82, 2.24) is 9.80 Å². The summed E-state index contributed by atoms with van der Waals surface area (Å²) in [6.07, 6.45) is 5.27. The summed E-state index contributed by atoms with van der Waals surface area (Å²) in [5.74, 6) is -0.103. The van der Waals surface area contributed by atoms with E-state index in [0.717, 1.165) is 24.2 Å². The second kappa shape index (κ2) is 6.86. The van der Waals surface area contributed by atoms with Crippen molar-refractivity contribution in [3.63, 3.8) is 0 Å². The van der Waals surface area contributed by atoms with Crippen LogP contribution in [0.15, 0.2) is 18.2 Å². The second-order valence-corrected chi connectivity index (χ2v) is 6.40. The van der Waals surface area contributed by atoms with E-state index in [1.807, 2.05) is 6.07 Å².